The molecular weight excluding hydrogens is 338 g/mol. The van der Waals surface area contributed by atoms with E-state index in [4.69, 9.17) is 0 Å². The summed E-state index contributed by atoms with van der Waals surface area (Å²) < 4.78 is 0. The van der Waals surface area contributed by atoms with E-state index >= 15 is 0 Å². The van der Waals surface area contributed by atoms with Crippen LogP contribution in [0.3, 0.4) is 0 Å². The van der Waals surface area contributed by atoms with Crippen molar-refractivity contribution in [3.63, 3.8) is 0 Å². The predicted octanol–water partition coefficient (Wildman–Crippen LogP) is 3.99. The van der Waals surface area contributed by atoms with Crippen molar-refractivity contribution in [2.75, 3.05) is 28.6 Å². The van der Waals surface area contributed by atoms with Crippen LogP contribution in [0.2, 0.25) is 0 Å². The number of carbonyl (C=O) groups is 2. The van der Waals surface area contributed by atoms with Crippen LogP contribution < -0.4 is 15.5 Å². The number of nitrogens with zero attached hydrogens (tertiary/aromatic N) is 1. The summed E-state index contributed by atoms with van der Waals surface area (Å²) in [6.07, 6.45) is 4.03. The van der Waals surface area contributed by atoms with Gasteiger partial charge < -0.3 is 15.5 Å². The molecule has 5 nitrogen and oxygen atoms in total. The second kappa shape index (κ2) is 8.71. The fraction of sp³-hybridized carbons (Fsp3) is 0.364. The fourth-order valence-corrected chi connectivity index (χ4v) is 3.49. The molecule has 5 heteroatoms. The third-order valence-electron chi connectivity index (χ3n) is 5.04. The van der Waals surface area contributed by atoms with Crippen LogP contribution in [-0.2, 0) is 22.4 Å². The number of para-hydroxylation sites is 1. The van der Waals surface area contributed by atoms with Crippen LogP contribution >= 0.6 is 0 Å². The van der Waals surface area contributed by atoms with Crippen molar-refractivity contribution in [1.29, 1.82) is 0 Å². The molecule has 1 aliphatic heterocycles. The second-order valence-corrected chi connectivity index (χ2v) is 6.81. The van der Waals surface area contributed by atoms with Crippen LogP contribution in [0.4, 0.5) is 17.1 Å². The number of aryl methyl sites for hydroxylation is 2. The fourth-order valence-electron chi connectivity index (χ4n) is 3.49. The van der Waals surface area contributed by atoms with Gasteiger partial charge in [0.05, 0.1) is 0 Å². The molecule has 1 fully saturated rings. The van der Waals surface area contributed by atoms with Gasteiger partial charge in [-0.25, -0.2) is 0 Å². The molecule has 0 unspecified atom stereocenters. The van der Waals surface area contributed by atoms with Gasteiger partial charge in [0.15, 0.2) is 0 Å². The van der Waals surface area contributed by atoms with E-state index in [2.05, 4.69) is 15.5 Å². The molecule has 1 aliphatic rings. The third-order valence-corrected chi connectivity index (χ3v) is 5.04. The lowest BCUT2D eigenvalue weighted by atomic mass is 10.0. The smallest absolute Gasteiger partial charge is 0.314 e. The zero-order chi connectivity index (χ0) is 19.2. The molecule has 2 N–H and O–H groups in total. The molecule has 0 aromatic heterocycles. The van der Waals surface area contributed by atoms with Crippen molar-refractivity contribution in [2.45, 2.75) is 39.5 Å². The summed E-state index contributed by atoms with van der Waals surface area (Å²) in [5.41, 5.74) is 4.60. The van der Waals surface area contributed by atoms with Crippen molar-refractivity contribution < 1.29 is 9.59 Å². The average Bonchev–Trinajstić information content (AvgIpc) is 3.23. The SMILES string of the molecule is CCc1cccc(CC)c1NC(=O)C(=O)Nc1ccc(N2CCCC2)cc1. The Bertz CT molecular complexity index is 787. The van der Waals surface area contributed by atoms with Gasteiger partial charge >= 0.3 is 11.8 Å². The maximum Gasteiger partial charge on any atom is 0.314 e. The summed E-state index contributed by atoms with van der Waals surface area (Å²) in [6.45, 7) is 6.22. The zero-order valence-electron chi connectivity index (χ0n) is 16.0. The Kier molecular flexibility index (Phi) is 6.12. The molecule has 2 aromatic carbocycles. The zero-order valence-corrected chi connectivity index (χ0v) is 16.0. The highest BCUT2D eigenvalue weighted by molar-refractivity contribution is 6.43. The van der Waals surface area contributed by atoms with E-state index in [9.17, 15) is 9.59 Å². The van der Waals surface area contributed by atoms with Crippen LogP contribution in [0.5, 0.6) is 0 Å². The molecule has 0 spiro atoms. The van der Waals surface area contributed by atoms with E-state index in [0.717, 1.165) is 48.4 Å². The molecule has 3 rings (SSSR count). The summed E-state index contributed by atoms with van der Waals surface area (Å²) in [6, 6.07) is 13.6. The molecule has 0 saturated carbocycles. The van der Waals surface area contributed by atoms with E-state index in [1.54, 1.807) is 0 Å². The minimum Gasteiger partial charge on any atom is -0.372 e. The van der Waals surface area contributed by atoms with Crippen molar-refractivity contribution in [2.24, 2.45) is 0 Å². The van der Waals surface area contributed by atoms with Crippen molar-refractivity contribution in [1.82, 2.24) is 0 Å². The van der Waals surface area contributed by atoms with E-state index in [1.165, 1.54) is 12.8 Å². The van der Waals surface area contributed by atoms with Crippen molar-refractivity contribution in [3.05, 3.63) is 53.6 Å². The second-order valence-electron chi connectivity index (χ2n) is 6.81. The molecule has 0 radical (unpaired) electrons. The summed E-state index contributed by atoms with van der Waals surface area (Å²) in [5, 5.41) is 5.48. The Morgan fingerprint density at radius 2 is 1.41 bits per heavy atom. The highest BCUT2D eigenvalue weighted by Gasteiger charge is 2.18. The van der Waals surface area contributed by atoms with Gasteiger partial charge in [0.1, 0.15) is 0 Å². The van der Waals surface area contributed by atoms with E-state index in [1.807, 2.05) is 56.3 Å². The van der Waals surface area contributed by atoms with Crippen molar-refractivity contribution in [3.8, 4) is 0 Å². The van der Waals surface area contributed by atoms with E-state index in [-0.39, 0.29) is 0 Å². The Labute approximate surface area is 160 Å². The number of benzene rings is 2. The van der Waals surface area contributed by atoms with Gasteiger partial charge in [-0.15, -0.1) is 0 Å². The first-order valence-corrected chi connectivity index (χ1v) is 9.70. The molecule has 1 heterocycles. The molecule has 0 aliphatic carbocycles. The summed E-state index contributed by atoms with van der Waals surface area (Å²) in [7, 11) is 0. The number of carbonyl (C=O) groups excluding carboxylic acids is 2. The number of anilines is 3. The van der Waals surface area contributed by atoms with Gasteiger partial charge in [0.2, 0.25) is 0 Å². The lowest BCUT2D eigenvalue weighted by molar-refractivity contribution is -0.133. The molecule has 2 aromatic rings. The molecule has 1 saturated heterocycles. The number of amides is 2. The first-order valence-electron chi connectivity index (χ1n) is 9.70. The standard InChI is InChI=1S/C22H27N3O2/c1-3-16-8-7-9-17(4-2)20(16)24-22(27)21(26)23-18-10-12-19(13-11-18)25-14-5-6-15-25/h7-13H,3-6,14-15H2,1-2H3,(H,23,26)(H,24,27). The third kappa shape index (κ3) is 4.48. The molecule has 0 bridgehead atoms. The Balaban J connectivity index is 1.65. The topological polar surface area (TPSA) is 61.4 Å². The first-order chi connectivity index (χ1) is 13.1. The minimum absolute atomic E-state index is 0.623. The molecule has 2 amide bonds. The van der Waals surface area contributed by atoms with E-state index in [0.29, 0.717) is 5.69 Å². The first kappa shape index (κ1) is 19.0. The normalized spacial score (nSPS) is 13.5. The van der Waals surface area contributed by atoms with Crippen molar-refractivity contribution >= 4 is 28.9 Å². The molecule has 142 valence electrons. The van der Waals surface area contributed by atoms with Gasteiger partial charge in [0, 0.05) is 30.2 Å². The lowest BCUT2D eigenvalue weighted by Crippen LogP contribution is -2.30. The molecule has 27 heavy (non-hydrogen) atoms. The van der Waals surface area contributed by atoms with Crippen LogP contribution in [0.1, 0.15) is 37.8 Å². The Morgan fingerprint density at radius 1 is 0.852 bits per heavy atom. The Hall–Kier alpha value is -2.82. The number of hydrogen-bond donors (Lipinski definition) is 2. The largest absolute Gasteiger partial charge is 0.372 e. The number of rotatable bonds is 5. The highest BCUT2D eigenvalue weighted by Crippen LogP contribution is 2.24. The predicted molar refractivity (Wildman–Crippen MR) is 110 cm³/mol. The van der Waals surface area contributed by atoms with Gasteiger partial charge in [-0.3, -0.25) is 9.59 Å². The molecular formula is C22H27N3O2. The minimum atomic E-state index is -0.656. The monoisotopic (exact) mass is 365 g/mol. The summed E-state index contributed by atoms with van der Waals surface area (Å²) in [5.74, 6) is -1.30. The highest BCUT2D eigenvalue weighted by atomic mass is 16.2. The quantitative estimate of drug-likeness (QED) is 0.788. The van der Waals surface area contributed by atoms with Crippen LogP contribution in [0, 0.1) is 0 Å². The van der Waals surface area contributed by atoms with Gasteiger partial charge in [0.25, 0.3) is 0 Å². The van der Waals surface area contributed by atoms with Crippen LogP contribution in [-0.4, -0.2) is 24.9 Å². The average molecular weight is 365 g/mol. The van der Waals surface area contributed by atoms with Gasteiger partial charge in [-0.05, 0) is 61.1 Å². The van der Waals surface area contributed by atoms with Gasteiger partial charge in [-0.1, -0.05) is 32.0 Å². The van der Waals surface area contributed by atoms with Crippen LogP contribution in [0.15, 0.2) is 42.5 Å². The number of nitrogens with one attached hydrogen (secondary N) is 2. The maximum absolute atomic E-state index is 12.4. The lowest BCUT2D eigenvalue weighted by Gasteiger charge is -2.18. The molecule has 0 atom stereocenters. The maximum atomic E-state index is 12.4. The van der Waals surface area contributed by atoms with Crippen LogP contribution in [0.25, 0.3) is 0 Å². The summed E-state index contributed by atoms with van der Waals surface area (Å²) in [4.78, 5) is 27.0. The Morgan fingerprint density at radius 3 is 1.96 bits per heavy atom. The van der Waals surface area contributed by atoms with E-state index < -0.39 is 11.8 Å². The number of hydrogen-bond acceptors (Lipinski definition) is 3. The summed E-state index contributed by atoms with van der Waals surface area (Å²) >= 11 is 0. The van der Waals surface area contributed by atoms with Gasteiger partial charge in [-0.2, -0.15) is 0 Å².